The van der Waals surface area contributed by atoms with Crippen molar-refractivity contribution >= 4 is 5.69 Å². The topological polar surface area (TPSA) is 35.5 Å². The molecule has 3 heteroatoms. The van der Waals surface area contributed by atoms with Crippen LogP contribution in [0, 0.1) is 6.92 Å². The molecule has 1 aromatic rings. The number of aryl methyl sites for hydroxylation is 1. The number of aliphatic hydroxyl groups is 1. The molecule has 0 amide bonds. The molecule has 0 aliphatic carbocycles. The summed E-state index contributed by atoms with van der Waals surface area (Å²) in [6.45, 7) is 4.32. The highest BCUT2D eigenvalue weighted by atomic mass is 16.3. The zero-order valence-corrected chi connectivity index (χ0v) is 10.7. The van der Waals surface area contributed by atoms with Crippen LogP contribution >= 0.6 is 0 Å². The Morgan fingerprint density at radius 1 is 1.47 bits per heavy atom. The average molecular weight is 234 g/mol. The van der Waals surface area contributed by atoms with Crippen LogP contribution in [0.1, 0.15) is 24.0 Å². The molecule has 1 saturated heterocycles. The van der Waals surface area contributed by atoms with Crippen molar-refractivity contribution in [3.05, 3.63) is 29.3 Å². The van der Waals surface area contributed by atoms with E-state index in [0.29, 0.717) is 6.04 Å². The fourth-order valence-electron chi connectivity index (χ4n) is 2.67. The normalized spacial score (nSPS) is 19.9. The number of nitrogens with zero attached hydrogens (tertiary/aromatic N) is 1. The predicted molar refractivity (Wildman–Crippen MR) is 71.4 cm³/mol. The van der Waals surface area contributed by atoms with Crippen LogP contribution in [0.2, 0.25) is 0 Å². The summed E-state index contributed by atoms with van der Waals surface area (Å²) >= 11 is 0. The number of nitrogens with one attached hydrogen (secondary N) is 1. The molecule has 1 fully saturated rings. The third kappa shape index (κ3) is 2.61. The summed E-state index contributed by atoms with van der Waals surface area (Å²) in [6.07, 6.45) is 2.28. The van der Waals surface area contributed by atoms with Crippen LogP contribution in [0.4, 0.5) is 5.69 Å². The molecule has 2 N–H and O–H groups in total. The lowest BCUT2D eigenvalue weighted by atomic mass is 10.1. The van der Waals surface area contributed by atoms with Crippen molar-refractivity contribution in [1.82, 2.24) is 5.32 Å². The first-order valence-corrected chi connectivity index (χ1v) is 6.38. The molecular formula is C14H22N2O. The molecule has 0 radical (unpaired) electrons. The molecule has 94 valence electrons. The molecule has 1 heterocycles. The molecule has 17 heavy (non-hydrogen) atoms. The van der Waals surface area contributed by atoms with Crippen molar-refractivity contribution < 1.29 is 5.11 Å². The van der Waals surface area contributed by atoms with E-state index in [0.717, 1.165) is 19.5 Å². The summed E-state index contributed by atoms with van der Waals surface area (Å²) in [5.41, 5.74) is 3.90. The lowest BCUT2D eigenvalue weighted by Crippen LogP contribution is -2.33. The van der Waals surface area contributed by atoms with Gasteiger partial charge >= 0.3 is 0 Å². The molecule has 1 aromatic carbocycles. The summed E-state index contributed by atoms with van der Waals surface area (Å²) in [6, 6.07) is 6.88. The van der Waals surface area contributed by atoms with Crippen LogP contribution < -0.4 is 10.2 Å². The molecule has 1 unspecified atom stereocenters. The lowest BCUT2D eigenvalue weighted by Gasteiger charge is -2.28. The van der Waals surface area contributed by atoms with Gasteiger partial charge in [0, 0.05) is 18.8 Å². The molecule has 2 rings (SSSR count). The fourth-order valence-corrected chi connectivity index (χ4v) is 2.67. The number of aliphatic hydroxyl groups excluding tert-OH is 1. The number of anilines is 1. The van der Waals surface area contributed by atoms with Gasteiger partial charge in [0.1, 0.15) is 0 Å². The minimum absolute atomic E-state index is 0.257. The van der Waals surface area contributed by atoms with E-state index >= 15 is 0 Å². The van der Waals surface area contributed by atoms with Crippen molar-refractivity contribution in [3.8, 4) is 0 Å². The number of benzene rings is 1. The van der Waals surface area contributed by atoms with Crippen molar-refractivity contribution in [2.75, 3.05) is 25.1 Å². The Morgan fingerprint density at radius 2 is 2.29 bits per heavy atom. The highest BCUT2D eigenvalue weighted by Gasteiger charge is 2.25. The zero-order chi connectivity index (χ0) is 12.3. The summed E-state index contributed by atoms with van der Waals surface area (Å²) in [5.74, 6) is 0. The summed E-state index contributed by atoms with van der Waals surface area (Å²) in [4.78, 5) is 2.35. The standard InChI is InChI=1S/C14H22N2O/c1-11-5-6-14(12(8-11)9-15-2)16-7-3-4-13(16)10-17/h5-6,8,13,15,17H,3-4,7,9-10H2,1-2H3. The molecular weight excluding hydrogens is 212 g/mol. The van der Waals surface area contributed by atoms with Crippen molar-refractivity contribution in [1.29, 1.82) is 0 Å². The van der Waals surface area contributed by atoms with Gasteiger partial charge in [-0.3, -0.25) is 0 Å². The van der Waals surface area contributed by atoms with E-state index in [9.17, 15) is 5.11 Å². The number of hydrogen-bond acceptors (Lipinski definition) is 3. The van der Waals surface area contributed by atoms with Crippen LogP contribution in [-0.2, 0) is 6.54 Å². The van der Waals surface area contributed by atoms with Crippen LogP contribution in [0.25, 0.3) is 0 Å². The summed E-state index contributed by atoms with van der Waals surface area (Å²) in [7, 11) is 1.97. The van der Waals surface area contributed by atoms with E-state index in [1.165, 1.54) is 23.2 Å². The van der Waals surface area contributed by atoms with Gasteiger partial charge < -0.3 is 15.3 Å². The molecule has 1 aliphatic heterocycles. The molecule has 0 saturated carbocycles. The molecule has 1 aliphatic rings. The minimum atomic E-state index is 0.257. The second-order valence-electron chi connectivity index (χ2n) is 4.83. The maximum atomic E-state index is 9.42. The quantitative estimate of drug-likeness (QED) is 0.832. The van der Waals surface area contributed by atoms with Crippen LogP contribution in [0.5, 0.6) is 0 Å². The van der Waals surface area contributed by atoms with E-state index in [2.05, 4.69) is 35.3 Å². The maximum absolute atomic E-state index is 9.42. The van der Waals surface area contributed by atoms with Gasteiger partial charge in [-0.25, -0.2) is 0 Å². The predicted octanol–water partition coefficient (Wildman–Crippen LogP) is 1.68. The van der Waals surface area contributed by atoms with Gasteiger partial charge in [-0.15, -0.1) is 0 Å². The molecule has 3 nitrogen and oxygen atoms in total. The van der Waals surface area contributed by atoms with Gasteiger partial charge in [0.15, 0.2) is 0 Å². The van der Waals surface area contributed by atoms with Gasteiger partial charge in [-0.2, -0.15) is 0 Å². The molecule has 1 atom stereocenters. The van der Waals surface area contributed by atoms with Crippen LogP contribution in [-0.4, -0.2) is 31.3 Å². The Balaban J connectivity index is 2.30. The molecule has 0 bridgehead atoms. The van der Waals surface area contributed by atoms with Gasteiger partial charge in [0.05, 0.1) is 12.6 Å². The number of rotatable bonds is 4. The first kappa shape index (κ1) is 12.4. The van der Waals surface area contributed by atoms with E-state index in [-0.39, 0.29) is 6.61 Å². The summed E-state index contributed by atoms with van der Waals surface area (Å²) in [5, 5.41) is 12.6. The Morgan fingerprint density at radius 3 is 3.00 bits per heavy atom. The van der Waals surface area contributed by atoms with Crippen LogP contribution in [0.3, 0.4) is 0 Å². The minimum Gasteiger partial charge on any atom is -0.394 e. The first-order valence-electron chi connectivity index (χ1n) is 6.38. The van der Waals surface area contributed by atoms with E-state index in [4.69, 9.17) is 0 Å². The highest BCUT2D eigenvalue weighted by Crippen LogP contribution is 2.29. The maximum Gasteiger partial charge on any atom is 0.0635 e. The van der Waals surface area contributed by atoms with E-state index in [1.807, 2.05) is 7.05 Å². The smallest absolute Gasteiger partial charge is 0.0635 e. The van der Waals surface area contributed by atoms with Crippen molar-refractivity contribution in [2.45, 2.75) is 32.4 Å². The highest BCUT2D eigenvalue weighted by molar-refractivity contribution is 5.56. The Bertz CT molecular complexity index is 378. The summed E-state index contributed by atoms with van der Waals surface area (Å²) < 4.78 is 0. The second-order valence-corrected chi connectivity index (χ2v) is 4.83. The van der Waals surface area contributed by atoms with Gasteiger partial charge in [-0.05, 0) is 38.4 Å². The molecule has 0 spiro atoms. The second kappa shape index (κ2) is 5.52. The fraction of sp³-hybridized carbons (Fsp3) is 0.571. The zero-order valence-electron chi connectivity index (χ0n) is 10.7. The Hall–Kier alpha value is -1.06. The lowest BCUT2D eigenvalue weighted by molar-refractivity contribution is 0.266. The van der Waals surface area contributed by atoms with Crippen LogP contribution in [0.15, 0.2) is 18.2 Å². The number of hydrogen-bond donors (Lipinski definition) is 2. The van der Waals surface area contributed by atoms with E-state index < -0.39 is 0 Å². The van der Waals surface area contributed by atoms with Gasteiger partial charge in [-0.1, -0.05) is 17.7 Å². The molecule has 0 aromatic heterocycles. The third-order valence-corrected chi connectivity index (χ3v) is 3.50. The third-order valence-electron chi connectivity index (χ3n) is 3.50. The Kier molecular flexibility index (Phi) is 4.02. The van der Waals surface area contributed by atoms with Gasteiger partial charge in [0.25, 0.3) is 0 Å². The van der Waals surface area contributed by atoms with Crippen molar-refractivity contribution in [3.63, 3.8) is 0 Å². The van der Waals surface area contributed by atoms with Gasteiger partial charge in [0.2, 0.25) is 0 Å². The average Bonchev–Trinajstić information content (AvgIpc) is 2.78. The Labute approximate surface area is 103 Å². The van der Waals surface area contributed by atoms with Crippen molar-refractivity contribution in [2.24, 2.45) is 0 Å². The van der Waals surface area contributed by atoms with E-state index in [1.54, 1.807) is 0 Å². The monoisotopic (exact) mass is 234 g/mol. The largest absolute Gasteiger partial charge is 0.394 e. The SMILES string of the molecule is CNCc1cc(C)ccc1N1CCCC1CO. The first-order chi connectivity index (χ1) is 8.26.